The van der Waals surface area contributed by atoms with Gasteiger partial charge in [-0.05, 0) is 17.5 Å². The van der Waals surface area contributed by atoms with E-state index in [9.17, 15) is 5.11 Å². The third-order valence-corrected chi connectivity index (χ3v) is 2.17. The van der Waals surface area contributed by atoms with Gasteiger partial charge in [0.25, 0.3) is 0 Å². The summed E-state index contributed by atoms with van der Waals surface area (Å²) in [6.45, 7) is 0. The SMILES string of the molecule is [N-]=[N+]=NC1CC(O)C/C(=N/O)C1N=[N+]=[N-]. The fourth-order valence-corrected chi connectivity index (χ4v) is 1.55. The number of nitrogens with zero attached hydrogens (tertiary/aromatic N) is 7. The first-order valence-corrected chi connectivity index (χ1v) is 4.20. The summed E-state index contributed by atoms with van der Waals surface area (Å²) < 4.78 is 0. The molecule has 1 saturated carbocycles. The fraction of sp³-hybridized carbons (Fsp3) is 0.833. The lowest BCUT2D eigenvalue weighted by molar-refractivity contribution is 0.148. The maximum atomic E-state index is 9.38. The van der Waals surface area contributed by atoms with E-state index in [4.69, 9.17) is 16.3 Å². The van der Waals surface area contributed by atoms with E-state index in [0.717, 1.165) is 0 Å². The van der Waals surface area contributed by atoms with E-state index in [1.807, 2.05) is 0 Å². The van der Waals surface area contributed by atoms with Crippen molar-refractivity contribution < 1.29 is 10.3 Å². The normalized spacial score (nSPS) is 32.9. The number of oxime groups is 1. The first-order chi connectivity index (χ1) is 7.22. The summed E-state index contributed by atoms with van der Waals surface area (Å²) >= 11 is 0. The van der Waals surface area contributed by atoms with Crippen LogP contribution in [-0.4, -0.2) is 34.2 Å². The number of hydrogen-bond donors (Lipinski definition) is 2. The third-order valence-electron chi connectivity index (χ3n) is 2.17. The predicted molar refractivity (Wildman–Crippen MR) is 50.3 cm³/mol. The zero-order valence-corrected chi connectivity index (χ0v) is 7.67. The quantitative estimate of drug-likeness (QED) is 0.233. The highest BCUT2D eigenvalue weighted by molar-refractivity contribution is 5.91. The molecule has 0 saturated heterocycles. The van der Waals surface area contributed by atoms with Gasteiger partial charge in [-0.2, -0.15) is 0 Å². The van der Waals surface area contributed by atoms with Crippen molar-refractivity contribution in [3.05, 3.63) is 20.9 Å². The molecular weight excluding hydrogens is 202 g/mol. The molecule has 0 amide bonds. The second-order valence-corrected chi connectivity index (χ2v) is 3.11. The van der Waals surface area contributed by atoms with Crippen LogP contribution in [-0.2, 0) is 0 Å². The Morgan fingerprint density at radius 1 is 1.27 bits per heavy atom. The van der Waals surface area contributed by atoms with Crippen LogP contribution in [0.3, 0.4) is 0 Å². The molecule has 1 fully saturated rings. The van der Waals surface area contributed by atoms with Crippen molar-refractivity contribution >= 4 is 5.71 Å². The number of aliphatic hydroxyl groups is 1. The highest BCUT2D eigenvalue weighted by atomic mass is 16.4. The molecule has 15 heavy (non-hydrogen) atoms. The highest BCUT2D eigenvalue weighted by Gasteiger charge is 2.33. The van der Waals surface area contributed by atoms with Crippen LogP contribution in [0.4, 0.5) is 0 Å². The molecule has 0 radical (unpaired) electrons. The Morgan fingerprint density at radius 2 is 1.93 bits per heavy atom. The Bertz CT molecular complexity index is 354. The summed E-state index contributed by atoms with van der Waals surface area (Å²) in [5.74, 6) is 0. The molecular formula is C6H9N7O2. The van der Waals surface area contributed by atoms with Crippen LogP contribution in [0.1, 0.15) is 12.8 Å². The molecule has 80 valence electrons. The number of aliphatic hydroxyl groups excluding tert-OH is 1. The largest absolute Gasteiger partial charge is 0.411 e. The Morgan fingerprint density at radius 3 is 2.47 bits per heavy atom. The lowest BCUT2D eigenvalue weighted by Gasteiger charge is -2.28. The smallest absolute Gasteiger partial charge is 0.0877 e. The van der Waals surface area contributed by atoms with Gasteiger partial charge < -0.3 is 10.3 Å². The molecule has 3 unspecified atom stereocenters. The predicted octanol–water partition coefficient (Wildman–Crippen LogP) is 1.33. The average molecular weight is 211 g/mol. The first kappa shape index (κ1) is 11.1. The Balaban J connectivity index is 3.00. The van der Waals surface area contributed by atoms with E-state index in [0.29, 0.717) is 0 Å². The van der Waals surface area contributed by atoms with Crippen LogP contribution in [0.5, 0.6) is 0 Å². The van der Waals surface area contributed by atoms with Gasteiger partial charge in [0.2, 0.25) is 0 Å². The van der Waals surface area contributed by atoms with Crippen molar-refractivity contribution in [2.75, 3.05) is 0 Å². The summed E-state index contributed by atoms with van der Waals surface area (Å²) in [7, 11) is 0. The number of hydrogen-bond acceptors (Lipinski definition) is 5. The molecule has 0 spiro atoms. The molecule has 0 heterocycles. The number of azide groups is 2. The van der Waals surface area contributed by atoms with Gasteiger partial charge in [0, 0.05) is 16.2 Å². The minimum atomic E-state index is -0.820. The summed E-state index contributed by atoms with van der Waals surface area (Å²) in [5.41, 5.74) is 16.7. The van der Waals surface area contributed by atoms with Gasteiger partial charge in [-0.1, -0.05) is 15.4 Å². The lowest BCUT2D eigenvalue weighted by Crippen LogP contribution is -2.41. The zero-order valence-electron chi connectivity index (χ0n) is 7.67. The van der Waals surface area contributed by atoms with Crippen molar-refractivity contribution in [1.29, 1.82) is 0 Å². The molecule has 1 aliphatic rings. The molecule has 3 atom stereocenters. The van der Waals surface area contributed by atoms with Crippen molar-refractivity contribution in [3.8, 4) is 0 Å². The Labute approximate surface area is 84.3 Å². The standard InChI is InChI=1S/C6H9N7O2/c7-12-9-4-1-3(14)2-5(11-15)6(4)10-13-8/h3-4,6,14-15H,1-2H2/b11-5-. The molecule has 9 heteroatoms. The maximum Gasteiger partial charge on any atom is 0.0877 e. The molecule has 0 aromatic carbocycles. The topological polar surface area (TPSA) is 150 Å². The van der Waals surface area contributed by atoms with Gasteiger partial charge >= 0.3 is 0 Å². The van der Waals surface area contributed by atoms with E-state index in [1.54, 1.807) is 0 Å². The van der Waals surface area contributed by atoms with Crippen molar-refractivity contribution in [2.24, 2.45) is 15.4 Å². The van der Waals surface area contributed by atoms with E-state index in [-0.39, 0.29) is 18.6 Å². The first-order valence-electron chi connectivity index (χ1n) is 4.20. The van der Waals surface area contributed by atoms with Crippen LogP contribution in [0.2, 0.25) is 0 Å². The number of rotatable bonds is 2. The Kier molecular flexibility index (Phi) is 3.75. The van der Waals surface area contributed by atoms with E-state index in [1.165, 1.54) is 0 Å². The minimum absolute atomic E-state index is 0.109. The van der Waals surface area contributed by atoms with Gasteiger partial charge in [-0.25, -0.2) is 0 Å². The summed E-state index contributed by atoms with van der Waals surface area (Å²) in [6, 6.07) is -1.53. The molecule has 9 nitrogen and oxygen atoms in total. The average Bonchev–Trinajstić information content (AvgIpc) is 2.22. The van der Waals surface area contributed by atoms with Gasteiger partial charge in [0.1, 0.15) is 0 Å². The zero-order chi connectivity index (χ0) is 11.3. The van der Waals surface area contributed by atoms with Gasteiger partial charge in [0.05, 0.1) is 23.9 Å². The van der Waals surface area contributed by atoms with Crippen LogP contribution < -0.4 is 0 Å². The van der Waals surface area contributed by atoms with Crippen LogP contribution in [0, 0.1) is 0 Å². The van der Waals surface area contributed by atoms with Crippen LogP contribution >= 0.6 is 0 Å². The second-order valence-electron chi connectivity index (χ2n) is 3.11. The third kappa shape index (κ3) is 2.50. The monoisotopic (exact) mass is 211 g/mol. The van der Waals surface area contributed by atoms with Crippen LogP contribution in [0.15, 0.2) is 15.4 Å². The van der Waals surface area contributed by atoms with Crippen LogP contribution in [0.25, 0.3) is 20.9 Å². The fourth-order valence-electron chi connectivity index (χ4n) is 1.55. The van der Waals surface area contributed by atoms with Gasteiger partial charge in [-0.15, -0.1) is 0 Å². The van der Waals surface area contributed by atoms with Crippen molar-refractivity contribution in [3.63, 3.8) is 0 Å². The van der Waals surface area contributed by atoms with E-state index >= 15 is 0 Å². The molecule has 0 aromatic rings. The second kappa shape index (κ2) is 5.06. The maximum absolute atomic E-state index is 9.38. The van der Waals surface area contributed by atoms with Gasteiger partial charge in [0.15, 0.2) is 0 Å². The van der Waals surface area contributed by atoms with Gasteiger partial charge in [-0.3, -0.25) is 0 Å². The highest BCUT2D eigenvalue weighted by Crippen LogP contribution is 2.23. The van der Waals surface area contributed by atoms with Crippen molar-refractivity contribution in [2.45, 2.75) is 31.0 Å². The van der Waals surface area contributed by atoms with E-state index in [2.05, 4.69) is 25.2 Å². The Hall–Kier alpha value is -1.95. The minimum Gasteiger partial charge on any atom is -0.411 e. The summed E-state index contributed by atoms with van der Waals surface area (Å²) in [5, 5.41) is 27.8. The lowest BCUT2D eigenvalue weighted by atomic mass is 9.87. The molecule has 1 rings (SSSR count). The van der Waals surface area contributed by atoms with E-state index < -0.39 is 18.2 Å². The summed E-state index contributed by atoms with van der Waals surface area (Å²) in [6.07, 6.45) is -0.457. The molecule has 0 aromatic heterocycles. The molecule has 0 bridgehead atoms. The molecule has 0 aliphatic heterocycles. The summed E-state index contributed by atoms with van der Waals surface area (Å²) in [4.78, 5) is 5.17. The van der Waals surface area contributed by atoms with Crippen molar-refractivity contribution in [1.82, 2.24) is 0 Å². The molecule has 1 aliphatic carbocycles. The molecule has 2 N–H and O–H groups in total.